The van der Waals surface area contributed by atoms with Crippen LogP contribution in [0.3, 0.4) is 0 Å². The van der Waals surface area contributed by atoms with Crippen molar-refractivity contribution in [2.45, 2.75) is 420 Å². The molecule has 10 bridgehead atoms. The lowest BCUT2D eigenvalue weighted by atomic mass is 9.37. The molecule has 13 fully saturated rings. The van der Waals surface area contributed by atoms with E-state index in [4.69, 9.17) is 0 Å². The quantitative estimate of drug-likeness (QED) is 0.230. The zero-order valence-electron chi connectivity index (χ0n) is 64.7. The molecule has 2 aliphatic heterocycles. The predicted octanol–water partition coefficient (Wildman–Crippen LogP) is 30.3. The van der Waals surface area contributed by atoms with E-state index in [-0.39, 0.29) is 15.8 Å². The SMILES string of the molecule is C1C2CC3CC1C23.CC.CC.CC.CC.CC.CC.CCC.CCC.CCC.CCC.CCC.C[P@@]1CC2CCC[C@@]34CCCCCC35CCCC[C@@H]4C2CC[C@H](CC5)[C@@H]1[C@H]1C2CCC[C@@]34CCCCCC35CCCC[C@@H]4C2CC[C@H](CC5)C[P@]1C. The van der Waals surface area contributed by atoms with Crippen molar-refractivity contribution >= 4 is 15.8 Å². The Morgan fingerprint density at radius 1 is 0.279 bits per heavy atom. The molecule has 0 amide bonds. The molecule has 11 saturated carbocycles. The molecular weight excluding hydrogens is 1070 g/mol. The first-order valence-electron chi connectivity index (χ1n) is 41.4. The van der Waals surface area contributed by atoms with Gasteiger partial charge in [0, 0.05) is 0 Å². The summed E-state index contributed by atoms with van der Waals surface area (Å²) in [5.41, 5.74) is 5.15. The van der Waals surface area contributed by atoms with Crippen LogP contribution in [0.25, 0.3) is 0 Å². The summed E-state index contributed by atoms with van der Waals surface area (Å²) in [5, 5.41) is 0. The van der Waals surface area contributed by atoms with Crippen molar-refractivity contribution in [1.82, 2.24) is 0 Å². The van der Waals surface area contributed by atoms with E-state index in [2.05, 4.69) is 82.6 Å². The first-order valence-corrected chi connectivity index (χ1v) is 45.5. The fourth-order valence-electron chi connectivity index (χ4n) is 22.9. The molecule has 0 aromatic rings. The molecule has 0 aromatic heterocycles. The summed E-state index contributed by atoms with van der Waals surface area (Å²) in [6, 6.07) is 0. The van der Waals surface area contributed by atoms with Gasteiger partial charge in [0.15, 0.2) is 0 Å². The van der Waals surface area contributed by atoms with Crippen LogP contribution in [0.1, 0.15) is 409 Å². The average molecular weight is 1240 g/mol. The first kappa shape index (κ1) is 84.9. The van der Waals surface area contributed by atoms with Crippen molar-refractivity contribution < 1.29 is 0 Å². The topological polar surface area (TPSA) is 0 Å². The highest BCUT2D eigenvalue weighted by Gasteiger charge is 2.64. The Morgan fingerprint density at radius 3 is 1.08 bits per heavy atom. The minimum absolute atomic E-state index is 0.108. The number of hydrogen-bond acceptors (Lipinski definition) is 0. The molecular formula is C84H170P2. The fraction of sp³-hybridized carbons (Fsp3) is 1.00. The van der Waals surface area contributed by atoms with Gasteiger partial charge in [0.05, 0.1) is 0 Å². The highest BCUT2D eigenvalue weighted by atomic mass is 31.1. The molecule has 2 spiro atoms. The Bertz CT molecular complexity index is 1520. The van der Waals surface area contributed by atoms with Gasteiger partial charge >= 0.3 is 0 Å². The molecule has 13 rings (SSSR count). The third-order valence-electron chi connectivity index (χ3n) is 25.1. The van der Waals surface area contributed by atoms with Gasteiger partial charge in [0.2, 0.25) is 0 Å². The number of hydrogen-bond donors (Lipinski definition) is 0. The molecule has 16 atom stereocenters. The van der Waals surface area contributed by atoms with E-state index >= 15 is 0 Å². The van der Waals surface area contributed by atoms with Gasteiger partial charge in [-0.2, -0.15) is 0 Å². The van der Waals surface area contributed by atoms with Gasteiger partial charge in [-0.15, -0.1) is 15.8 Å². The highest BCUT2D eigenvalue weighted by Crippen LogP contribution is 2.74. The van der Waals surface area contributed by atoms with Crippen LogP contribution in [0.15, 0.2) is 0 Å². The van der Waals surface area contributed by atoms with E-state index < -0.39 is 0 Å². The summed E-state index contributed by atoms with van der Waals surface area (Å²) in [5.74, 6) is 13.7. The number of rotatable bonds is 1. The summed E-state index contributed by atoms with van der Waals surface area (Å²) in [7, 11) is 0.223. The fourth-order valence-corrected chi connectivity index (χ4v) is 30.7. The largest absolute Gasteiger partial charge is 0.106 e. The van der Waals surface area contributed by atoms with Gasteiger partial charge < -0.3 is 0 Å². The van der Waals surface area contributed by atoms with Gasteiger partial charge in [0.1, 0.15) is 0 Å². The minimum atomic E-state index is 0.108. The van der Waals surface area contributed by atoms with Crippen LogP contribution in [0, 0.1) is 92.7 Å². The second kappa shape index (κ2) is 46.9. The molecule has 0 radical (unpaired) electrons. The molecule has 2 heterocycles. The molecule has 2 heteroatoms. The zero-order chi connectivity index (χ0) is 64.9. The second-order valence-corrected chi connectivity index (χ2v) is 35.0. The van der Waals surface area contributed by atoms with E-state index in [1.165, 1.54) is 55.8 Å². The molecule has 11 aliphatic carbocycles. The van der Waals surface area contributed by atoms with E-state index in [0.29, 0.717) is 5.41 Å². The molecule has 2 saturated heterocycles. The van der Waals surface area contributed by atoms with Crippen LogP contribution in [-0.2, 0) is 0 Å². The first-order chi connectivity index (χ1) is 42.0. The smallest absolute Gasteiger partial charge is 0.0110 e. The predicted molar refractivity (Wildman–Crippen MR) is 404 cm³/mol. The summed E-state index contributed by atoms with van der Waals surface area (Å²) in [6.07, 6.45) is 66.5. The van der Waals surface area contributed by atoms with Crippen molar-refractivity contribution in [3.8, 4) is 0 Å². The van der Waals surface area contributed by atoms with Crippen LogP contribution in [-0.4, -0.2) is 37.0 Å². The zero-order valence-corrected chi connectivity index (χ0v) is 66.5. The van der Waals surface area contributed by atoms with Crippen molar-refractivity contribution in [3.63, 3.8) is 0 Å². The summed E-state index contributed by atoms with van der Waals surface area (Å²) in [4.78, 5) is 0. The molecule has 86 heavy (non-hydrogen) atoms. The third-order valence-corrected chi connectivity index (χ3v) is 30.9. The molecule has 13 aliphatic rings. The molecule has 0 aromatic carbocycles. The standard InChI is InChI=1S/C50H84P2.C7H10.5C3H8.6C2H6/c1-51-35-37-19-21-41-42(16-14-32-50-30-10-3-7-25-47(50,33-23-37)27-12-6-18-44(41)50)46(51)45-38-20-22-40-39(36-52(45)2)15-13-31-49-29-9-4-8-26-48(49,34-24-38)28-11-5-17-43(40)49;1-4-2-6-3-5(1)7(4)6;5*1-3-2;6*1-2/h37-46H,3-36H2,1-2H3;4-7H,1-3H2;5*3H2,1-2H3;6*1-2H3/t37-,38-,39?,40?,41?,42?,43-,44-,45-,46-,47?,48?,49-,50-,51+,52+;;;;;;;;;;;;/m1............/s1. The van der Waals surface area contributed by atoms with E-state index in [1.807, 2.05) is 83.1 Å². The Labute approximate surface area is 551 Å². The van der Waals surface area contributed by atoms with Gasteiger partial charge in [-0.05, 0) is 277 Å². The van der Waals surface area contributed by atoms with E-state index in [1.54, 1.807) is 237 Å². The Kier molecular flexibility index (Phi) is 46.3. The monoisotopic (exact) mass is 1240 g/mol. The Balaban J connectivity index is 0.000000903. The third kappa shape index (κ3) is 20.4. The minimum Gasteiger partial charge on any atom is -0.106 e. The summed E-state index contributed by atoms with van der Waals surface area (Å²) in [6.45, 7) is 51.2. The van der Waals surface area contributed by atoms with Crippen LogP contribution in [0.2, 0.25) is 0 Å². The van der Waals surface area contributed by atoms with Gasteiger partial charge in [-0.25, -0.2) is 0 Å². The van der Waals surface area contributed by atoms with Crippen molar-refractivity contribution in [2.24, 2.45) is 92.7 Å². The lowest BCUT2D eigenvalue weighted by Gasteiger charge is -2.68. The molecule has 6 unspecified atom stereocenters. The lowest BCUT2D eigenvalue weighted by molar-refractivity contribution is -0.191. The van der Waals surface area contributed by atoms with Crippen molar-refractivity contribution in [1.29, 1.82) is 0 Å². The van der Waals surface area contributed by atoms with Crippen LogP contribution >= 0.6 is 15.8 Å². The maximum Gasteiger partial charge on any atom is -0.0110 e. The summed E-state index contributed by atoms with van der Waals surface area (Å²) < 4.78 is 0. The van der Waals surface area contributed by atoms with Gasteiger partial charge in [0.25, 0.3) is 0 Å². The van der Waals surface area contributed by atoms with Crippen molar-refractivity contribution in [2.75, 3.05) is 25.7 Å². The summed E-state index contributed by atoms with van der Waals surface area (Å²) >= 11 is 0. The molecule has 0 nitrogen and oxygen atoms in total. The molecule has 516 valence electrons. The second-order valence-electron chi connectivity index (χ2n) is 30.1. The average Bonchev–Trinajstić information content (AvgIpc) is 1.10. The van der Waals surface area contributed by atoms with Gasteiger partial charge in [-0.3, -0.25) is 0 Å². The normalized spacial score (nSPS) is 40.9. The highest BCUT2D eigenvalue weighted by molar-refractivity contribution is 7.62. The van der Waals surface area contributed by atoms with Crippen molar-refractivity contribution in [3.05, 3.63) is 0 Å². The maximum atomic E-state index is 3.00. The Hall–Kier alpha value is 0.860. The maximum absolute atomic E-state index is 3.00. The van der Waals surface area contributed by atoms with Crippen LogP contribution < -0.4 is 0 Å². The lowest BCUT2D eigenvalue weighted by Crippen LogP contribution is -2.60. The van der Waals surface area contributed by atoms with E-state index in [9.17, 15) is 0 Å². The number of fused-ring (bicyclic) bond motifs is 4. The van der Waals surface area contributed by atoms with Gasteiger partial charge in [-0.1, -0.05) is 261 Å². The van der Waals surface area contributed by atoms with E-state index in [0.717, 1.165) is 74.9 Å². The Morgan fingerprint density at radius 2 is 0.651 bits per heavy atom. The molecule has 0 N–H and O–H groups in total. The van der Waals surface area contributed by atoms with Crippen LogP contribution in [0.5, 0.6) is 0 Å². The van der Waals surface area contributed by atoms with Crippen LogP contribution in [0.4, 0.5) is 0 Å².